The highest BCUT2D eigenvalue weighted by atomic mass is 16.3. The molecule has 5 heteroatoms. The third kappa shape index (κ3) is 5.19. The molecule has 3 rings (SSSR count). The zero-order valence-corrected chi connectivity index (χ0v) is 17.8. The monoisotopic (exact) mass is 387 g/mol. The summed E-state index contributed by atoms with van der Waals surface area (Å²) in [7, 11) is 0. The van der Waals surface area contributed by atoms with E-state index in [1.807, 2.05) is 25.7 Å². The van der Waals surface area contributed by atoms with Gasteiger partial charge in [0, 0.05) is 44.7 Å². The molecule has 1 aromatic rings. The first-order valence-electron chi connectivity index (χ1n) is 10.9. The Labute approximate surface area is 170 Å². The fourth-order valence-corrected chi connectivity index (χ4v) is 4.32. The second-order valence-electron chi connectivity index (χ2n) is 9.50. The largest absolute Gasteiger partial charge is 0.396 e. The van der Waals surface area contributed by atoms with Gasteiger partial charge in [0.25, 0.3) is 0 Å². The van der Waals surface area contributed by atoms with E-state index in [-0.39, 0.29) is 11.3 Å². The van der Waals surface area contributed by atoms with Crippen LogP contribution in [-0.4, -0.2) is 55.2 Å². The highest BCUT2D eigenvalue weighted by molar-refractivity contribution is 5.81. The van der Waals surface area contributed by atoms with Crippen LogP contribution in [0.3, 0.4) is 0 Å². The summed E-state index contributed by atoms with van der Waals surface area (Å²) in [6, 6.07) is 8.57. The van der Waals surface area contributed by atoms with E-state index in [1.165, 1.54) is 11.4 Å². The van der Waals surface area contributed by atoms with Gasteiger partial charge in [0.2, 0.25) is 5.91 Å². The van der Waals surface area contributed by atoms with Crippen molar-refractivity contribution in [3.05, 3.63) is 24.3 Å². The Kier molecular flexibility index (Phi) is 6.86. The van der Waals surface area contributed by atoms with Crippen LogP contribution in [0.4, 0.5) is 11.4 Å². The van der Waals surface area contributed by atoms with E-state index in [0.717, 1.165) is 58.4 Å². The Bertz CT molecular complexity index is 639. The number of carbonyl (C=O) groups is 1. The molecule has 1 aromatic carbocycles. The van der Waals surface area contributed by atoms with Crippen LogP contribution in [-0.2, 0) is 4.79 Å². The molecule has 0 bridgehead atoms. The van der Waals surface area contributed by atoms with Crippen molar-refractivity contribution in [2.45, 2.75) is 46.5 Å². The molecular weight excluding hydrogens is 350 g/mol. The van der Waals surface area contributed by atoms with Gasteiger partial charge in [-0.15, -0.1) is 0 Å². The van der Waals surface area contributed by atoms with Gasteiger partial charge in [-0.3, -0.25) is 4.79 Å². The van der Waals surface area contributed by atoms with Gasteiger partial charge in [-0.05, 0) is 49.7 Å². The molecule has 1 amide bonds. The molecule has 2 saturated heterocycles. The number of amides is 1. The molecule has 2 aliphatic heterocycles. The molecule has 0 saturated carbocycles. The summed E-state index contributed by atoms with van der Waals surface area (Å²) in [6.45, 7) is 11.0. The minimum Gasteiger partial charge on any atom is -0.396 e. The zero-order valence-electron chi connectivity index (χ0n) is 17.8. The molecule has 2 N–H and O–H groups in total. The Morgan fingerprint density at radius 3 is 2.25 bits per heavy atom. The summed E-state index contributed by atoms with van der Waals surface area (Å²) in [5.41, 5.74) is 2.20. The van der Waals surface area contributed by atoms with Gasteiger partial charge in [0.1, 0.15) is 0 Å². The lowest BCUT2D eigenvalue weighted by Gasteiger charge is -2.36. The predicted octanol–water partition coefficient (Wildman–Crippen LogP) is 3.59. The van der Waals surface area contributed by atoms with E-state index < -0.39 is 0 Å². The molecule has 0 aromatic heterocycles. The lowest BCUT2D eigenvalue weighted by Crippen LogP contribution is -2.45. The van der Waals surface area contributed by atoms with E-state index in [2.05, 4.69) is 34.5 Å². The molecular formula is C23H37N3O2. The molecule has 2 fully saturated rings. The molecule has 0 atom stereocenters. The average Bonchev–Trinajstić information content (AvgIpc) is 2.72. The molecule has 28 heavy (non-hydrogen) atoms. The van der Waals surface area contributed by atoms with E-state index in [4.69, 9.17) is 0 Å². The first kappa shape index (κ1) is 21.0. The fourth-order valence-electron chi connectivity index (χ4n) is 4.32. The number of hydrogen-bond acceptors (Lipinski definition) is 4. The molecule has 2 aliphatic rings. The number of nitrogens with one attached hydrogen (secondary N) is 1. The van der Waals surface area contributed by atoms with Crippen molar-refractivity contribution in [1.82, 2.24) is 4.90 Å². The fraction of sp³-hybridized carbons (Fsp3) is 0.696. The molecule has 5 nitrogen and oxygen atoms in total. The van der Waals surface area contributed by atoms with Gasteiger partial charge < -0.3 is 20.2 Å². The van der Waals surface area contributed by atoms with Crippen LogP contribution in [0.1, 0.15) is 46.5 Å². The maximum absolute atomic E-state index is 12.5. The van der Waals surface area contributed by atoms with Crippen molar-refractivity contribution in [3.63, 3.8) is 0 Å². The minimum absolute atomic E-state index is 0.274. The summed E-state index contributed by atoms with van der Waals surface area (Å²) < 4.78 is 0. The lowest BCUT2D eigenvalue weighted by atomic mass is 9.91. The van der Waals surface area contributed by atoms with Gasteiger partial charge in [-0.25, -0.2) is 0 Å². The van der Waals surface area contributed by atoms with E-state index in [9.17, 15) is 9.90 Å². The number of anilines is 2. The minimum atomic E-state index is -0.284. The van der Waals surface area contributed by atoms with Crippen molar-refractivity contribution < 1.29 is 9.90 Å². The van der Waals surface area contributed by atoms with Crippen molar-refractivity contribution in [3.8, 4) is 0 Å². The predicted molar refractivity (Wildman–Crippen MR) is 116 cm³/mol. The Morgan fingerprint density at radius 2 is 1.64 bits per heavy atom. The molecule has 0 radical (unpaired) electrons. The number of carbonyl (C=O) groups excluding carboxylic acids is 1. The summed E-state index contributed by atoms with van der Waals surface area (Å²) in [5, 5.41) is 13.1. The first-order valence-corrected chi connectivity index (χ1v) is 10.9. The SMILES string of the molecule is CC(C)(C)C(=O)N1CCC(CNc2ccccc2N2CCC(CO)CC2)CC1. The third-order valence-corrected chi connectivity index (χ3v) is 6.24. The first-order chi connectivity index (χ1) is 13.4. The van der Waals surface area contributed by atoms with Crippen LogP contribution in [0.25, 0.3) is 0 Å². The van der Waals surface area contributed by atoms with Crippen molar-refractivity contribution in [2.24, 2.45) is 17.3 Å². The number of para-hydroxylation sites is 2. The number of rotatable bonds is 5. The normalized spacial score (nSPS) is 19.7. The maximum atomic E-state index is 12.5. The summed E-state index contributed by atoms with van der Waals surface area (Å²) >= 11 is 0. The van der Waals surface area contributed by atoms with Crippen LogP contribution in [0, 0.1) is 17.3 Å². The quantitative estimate of drug-likeness (QED) is 0.811. The molecule has 0 unspecified atom stereocenters. The van der Waals surface area contributed by atoms with Gasteiger partial charge in [0.15, 0.2) is 0 Å². The van der Waals surface area contributed by atoms with Gasteiger partial charge >= 0.3 is 0 Å². The van der Waals surface area contributed by atoms with Crippen LogP contribution < -0.4 is 10.2 Å². The summed E-state index contributed by atoms with van der Waals surface area (Å²) in [5.74, 6) is 1.34. The number of likely N-dealkylation sites (tertiary alicyclic amines) is 1. The Hall–Kier alpha value is -1.75. The number of hydrogen-bond donors (Lipinski definition) is 2. The highest BCUT2D eigenvalue weighted by Crippen LogP contribution is 2.31. The molecule has 2 heterocycles. The highest BCUT2D eigenvalue weighted by Gasteiger charge is 2.30. The van der Waals surface area contributed by atoms with Crippen LogP contribution in [0.15, 0.2) is 24.3 Å². The number of aliphatic hydroxyl groups excluding tert-OH is 1. The number of benzene rings is 1. The molecule has 0 aliphatic carbocycles. The van der Waals surface area contributed by atoms with Crippen molar-refractivity contribution in [2.75, 3.05) is 49.5 Å². The van der Waals surface area contributed by atoms with Gasteiger partial charge in [0.05, 0.1) is 11.4 Å². The second kappa shape index (κ2) is 9.17. The topological polar surface area (TPSA) is 55.8 Å². The smallest absolute Gasteiger partial charge is 0.227 e. The van der Waals surface area contributed by atoms with Gasteiger partial charge in [-0.2, -0.15) is 0 Å². The molecule has 156 valence electrons. The summed E-state index contributed by atoms with van der Waals surface area (Å²) in [6.07, 6.45) is 4.26. The number of aliphatic hydroxyl groups is 1. The van der Waals surface area contributed by atoms with Crippen molar-refractivity contribution in [1.29, 1.82) is 0 Å². The zero-order chi connectivity index (χ0) is 20.1. The summed E-state index contributed by atoms with van der Waals surface area (Å²) in [4.78, 5) is 16.9. The average molecular weight is 388 g/mol. The molecule has 0 spiro atoms. The maximum Gasteiger partial charge on any atom is 0.227 e. The Morgan fingerprint density at radius 1 is 1.04 bits per heavy atom. The van der Waals surface area contributed by atoms with Gasteiger partial charge in [-0.1, -0.05) is 32.9 Å². The third-order valence-electron chi connectivity index (χ3n) is 6.24. The van der Waals surface area contributed by atoms with Crippen LogP contribution in [0.2, 0.25) is 0 Å². The van der Waals surface area contributed by atoms with Crippen molar-refractivity contribution >= 4 is 17.3 Å². The van der Waals surface area contributed by atoms with E-state index in [1.54, 1.807) is 0 Å². The lowest BCUT2D eigenvalue weighted by molar-refractivity contribution is -0.140. The Balaban J connectivity index is 1.52. The number of nitrogens with zero attached hydrogens (tertiary/aromatic N) is 2. The van der Waals surface area contributed by atoms with Crippen LogP contribution in [0.5, 0.6) is 0 Å². The van der Waals surface area contributed by atoms with E-state index >= 15 is 0 Å². The van der Waals surface area contributed by atoms with E-state index in [0.29, 0.717) is 18.4 Å². The number of piperidine rings is 2. The standard InChI is InChI=1S/C23H37N3O2/c1-23(2,3)22(28)26-14-8-18(9-15-26)16-24-20-6-4-5-7-21(20)25-12-10-19(17-27)11-13-25/h4-7,18-19,24,27H,8-17H2,1-3H3. The second-order valence-corrected chi connectivity index (χ2v) is 9.50. The van der Waals surface area contributed by atoms with Crippen LogP contribution >= 0.6 is 0 Å².